The van der Waals surface area contributed by atoms with Crippen LogP contribution in [0.25, 0.3) is 6.08 Å². The van der Waals surface area contributed by atoms with Crippen LogP contribution in [-0.4, -0.2) is 15.1 Å². The standard InChI is InChI=1S/C35H39NOS2/c1-4-27-14-9-6-10-15-28(27)22-29-16-11-17-31(29)32-20-26(18-19-30(32)24(2)3)21-33-34(37)36(35(38)39-33)23-25-12-7-5-8-13-25/h5-10,12-15,18-21,24,27,29,31H,4,11,16-17,22-23H2,1-3H3. The first-order valence-corrected chi connectivity index (χ1v) is 15.6. The highest BCUT2D eigenvalue weighted by molar-refractivity contribution is 8.26. The van der Waals surface area contributed by atoms with Crippen molar-refractivity contribution in [3.8, 4) is 0 Å². The van der Waals surface area contributed by atoms with Crippen LogP contribution in [0.2, 0.25) is 0 Å². The van der Waals surface area contributed by atoms with Crippen LogP contribution in [0.15, 0.2) is 89.4 Å². The van der Waals surface area contributed by atoms with E-state index in [1.807, 2.05) is 30.3 Å². The molecule has 2 aliphatic carbocycles. The second-order valence-electron chi connectivity index (χ2n) is 11.3. The number of thioether (sulfide) groups is 1. The molecule has 0 spiro atoms. The minimum Gasteiger partial charge on any atom is -0.288 e. The largest absolute Gasteiger partial charge is 0.288 e. The summed E-state index contributed by atoms with van der Waals surface area (Å²) in [4.78, 5) is 15.8. The smallest absolute Gasteiger partial charge is 0.266 e. The van der Waals surface area contributed by atoms with Gasteiger partial charge in [-0.05, 0) is 77.7 Å². The van der Waals surface area contributed by atoms with E-state index in [2.05, 4.69) is 75.4 Å². The average Bonchev–Trinajstić information content (AvgIpc) is 3.41. The average molecular weight is 554 g/mol. The summed E-state index contributed by atoms with van der Waals surface area (Å²) in [5, 5.41) is 0. The highest BCUT2D eigenvalue weighted by Gasteiger charge is 2.34. The van der Waals surface area contributed by atoms with E-state index >= 15 is 0 Å². The van der Waals surface area contributed by atoms with Gasteiger partial charge in [0.25, 0.3) is 5.91 Å². The molecule has 1 amide bonds. The lowest BCUT2D eigenvalue weighted by molar-refractivity contribution is -0.122. The van der Waals surface area contributed by atoms with Crippen molar-refractivity contribution >= 4 is 40.3 Å². The van der Waals surface area contributed by atoms with Gasteiger partial charge in [-0.15, -0.1) is 0 Å². The molecule has 1 heterocycles. The number of allylic oxidation sites excluding steroid dienone is 6. The third-order valence-electron chi connectivity index (χ3n) is 8.44. The molecule has 2 nitrogen and oxygen atoms in total. The minimum atomic E-state index is 0.00843. The number of thiocarbonyl (C=S) groups is 1. The van der Waals surface area contributed by atoms with E-state index in [4.69, 9.17) is 12.2 Å². The predicted molar refractivity (Wildman–Crippen MR) is 171 cm³/mol. The summed E-state index contributed by atoms with van der Waals surface area (Å²) in [6, 6.07) is 16.9. The number of rotatable bonds is 8. The number of hydrogen-bond acceptors (Lipinski definition) is 3. The fraction of sp³-hybridized carbons (Fsp3) is 0.371. The summed E-state index contributed by atoms with van der Waals surface area (Å²) in [5.74, 6) is 2.22. The maximum atomic E-state index is 13.3. The zero-order valence-electron chi connectivity index (χ0n) is 23.3. The van der Waals surface area contributed by atoms with Crippen LogP contribution in [0.1, 0.15) is 87.0 Å². The zero-order chi connectivity index (χ0) is 27.4. The molecule has 3 atom stereocenters. The maximum Gasteiger partial charge on any atom is 0.266 e. The van der Waals surface area contributed by atoms with Gasteiger partial charge in [-0.25, -0.2) is 0 Å². The van der Waals surface area contributed by atoms with E-state index < -0.39 is 0 Å². The summed E-state index contributed by atoms with van der Waals surface area (Å²) in [7, 11) is 0. The Morgan fingerprint density at radius 2 is 1.90 bits per heavy atom. The van der Waals surface area contributed by atoms with Crippen LogP contribution in [0.5, 0.6) is 0 Å². The molecule has 3 aliphatic rings. The lowest BCUT2D eigenvalue weighted by Gasteiger charge is -2.27. The molecule has 2 fully saturated rings. The van der Waals surface area contributed by atoms with Gasteiger partial charge < -0.3 is 0 Å². The molecule has 1 saturated heterocycles. The van der Waals surface area contributed by atoms with Crippen LogP contribution >= 0.6 is 24.0 Å². The fourth-order valence-corrected chi connectivity index (χ4v) is 7.64. The van der Waals surface area contributed by atoms with Crippen molar-refractivity contribution in [1.82, 2.24) is 4.90 Å². The molecule has 1 saturated carbocycles. The summed E-state index contributed by atoms with van der Waals surface area (Å²) in [6.07, 6.45) is 19.5. The molecule has 2 aromatic carbocycles. The topological polar surface area (TPSA) is 20.3 Å². The van der Waals surface area contributed by atoms with Gasteiger partial charge in [0, 0.05) is 0 Å². The SMILES string of the molecule is CCC1C=CC=CC=C1CC1CCCC1c1cc(C=C2SC(=S)N(Cc3ccccc3)C2=O)ccc1C(C)C. The Balaban J connectivity index is 1.40. The Morgan fingerprint density at radius 3 is 2.67 bits per heavy atom. The zero-order valence-corrected chi connectivity index (χ0v) is 24.9. The maximum absolute atomic E-state index is 13.3. The third-order valence-corrected chi connectivity index (χ3v) is 9.81. The Morgan fingerprint density at radius 1 is 1.08 bits per heavy atom. The van der Waals surface area contributed by atoms with E-state index in [1.165, 1.54) is 42.2 Å². The van der Waals surface area contributed by atoms with E-state index in [0.717, 1.165) is 28.9 Å². The predicted octanol–water partition coefficient (Wildman–Crippen LogP) is 9.56. The van der Waals surface area contributed by atoms with E-state index in [0.29, 0.717) is 34.5 Å². The molecule has 5 rings (SSSR count). The summed E-state index contributed by atoms with van der Waals surface area (Å²) in [5.41, 5.74) is 6.69. The molecule has 39 heavy (non-hydrogen) atoms. The fourth-order valence-electron chi connectivity index (χ4n) is 6.38. The van der Waals surface area contributed by atoms with Crippen molar-refractivity contribution in [2.75, 3.05) is 0 Å². The van der Waals surface area contributed by atoms with Gasteiger partial charge in [0.05, 0.1) is 11.4 Å². The molecule has 0 radical (unpaired) electrons. The van der Waals surface area contributed by atoms with Crippen molar-refractivity contribution < 1.29 is 4.79 Å². The molecule has 0 bridgehead atoms. The van der Waals surface area contributed by atoms with Gasteiger partial charge in [0.15, 0.2) is 0 Å². The number of carbonyl (C=O) groups excluding carboxylic acids is 1. The first-order valence-electron chi connectivity index (χ1n) is 14.4. The van der Waals surface area contributed by atoms with E-state index in [1.54, 1.807) is 10.5 Å². The van der Waals surface area contributed by atoms with Gasteiger partial charge in [0.1, 0.15) is 4.32 Å². The number of amides is 1. The van der Waals surface area contributed by atoms with Gasteiger partial charge in [-0.1, -0.05) is 136 Å². The molecule has 0 aromatic heterocycles. The van der Waals surface area contributed by atoms with E-state index in [-0.39, 0.29) is 5.91 Å². The van der Waals surface area contributed by atoms with Crippen LogP contribution in [0.4, 0.5) is 0 Å². The quantitative estimate of drug-likeness (QED) is 0.240. The van der Waals surface area contributed by atoms with Crippen LogP contribution < -0.4 is 0 Å². The number of hydrogen-bond donors (Lipinski definition) is 0. The monoisotopic (exact) mass is 553 g/mol. The van der Waals surface area contributed by atoms with Crippen LogP contribution in [-0.2, 0) is 11.3 Å². The van der Waals surface area contributed by atoms with Crippen molar-refractivity contribution in [2.45, 2.75) is 71.3 Å². The van der Waals surface area contributed by atoms with Crippen molar-refractivity contribution in [3.05, 3.63) is 112 Å². The van der Waals surface area contributed by atoms with Gasteiger partial charge in [0.2, 0.25) is 0 Å². The molecule has 202 valence electrons. The van der Waals surface area contributed by atoms with Crippen molar-refractivity contribution in [1.29, 1.82) is 0 Å². The number of benzene rings is 2. The normalized spacial score (nSPS) is 24.2. The Hall–Kier alpha value is -2.69. The van der Waals surface area contributed by atoms with Crippen molar-refractivity contribution in [2.24, 2.45) is 11.8 Å². The van der Waals surface area contributed by atoms with Gasteiger partial charge in [-0.2, -0.15) is 0 Å². The first-order chi connectivity index (χ1) is 18.9. The highest BCUT2D eigenvalue weighted by Crippen LogP contribution is 2.47. The second-order valence-corrected chi connectivity index (χ2v) is 13.0. The summed E-state index contributed by atoms with van der Waals surface area (Å²) >= 11 is 7.03. The summed E-state index contributed by atoms with van der Waals surface area (Å²) < 4.78 is 0.634. The second kappa shape index (κ2) is 12.7. The molecule has 1 aliphatic heterocycles. The molecule has 2 aromatic rings. The number of carbonyl (C=O) groups is 1. The third kappa shape index (κ3) is 6.39. The van der Waals surface area contributed by atoms with E-state index in [9.17, 15) is 4.79 Å². The Kier molecular flexibility index (Phi) is 9.04. The molecule has 4 heteroatoms. The van der Waals surface area contributed by atoms with Crippen LogP contribution in [0, 0.1) is 11.8 Å². The molecular formula is C35H39NOS2. The molecule has 3 unspecified atom stereocenters. The van der Waals surface area contributed by atoms with Gasteiger partial charge in [-0.3, -0.25) is 9.69 Å². The Bertz CT molecular complexity index is 1330. The summed E-state index contributed by atoms with van der Waals surface area (Å²) in [6.45, 7) is 7.41. The molecular weight excluding hydrogens is 515 g/mol. The van der Waals surface area contributed by atoms with Crippen LogP contribution in [0.3, 0.4) is 0 Å². The highest BCUT2D eigenvalue weighted by atomic mass is 32.2. The lowest BCUT2D eigenvalue weighted by Crippen LogP contribution is -2.27. The van der Waals surface area contributed by atoms with Crippen molar-refractivity contribution in [3.63, 3.8) is 0 Å². The molecule has 0 N–H and O–H groups in total. The first kappa shape index (κ1) is 27.9. The lowest BCUT2D eigenvalue weighted by atomic mass is 9.78. The number of nitrogens with zero attached hydrogens (tertiary/aromatic N) is 1. The Labute approximate surface area is 244 Å². The van der Waals surface area contributed by atoms with Gasteiger partial charge >= 0.3 is 0 Å². The minimum absolute atomic E-state index is 0.00843.